The van der Waals surface area contributed by atoms with Crippen molar-refractivity contribution in [3.05, 3.63) is 47.5 Å². The van der Waals surface area contributed by atoms with E-state index in [4.69, 9.17) is 0 Å². The molecule has 0 aliphatic carbocycles. The van der Waals surface area contributed by atoms with Gasteiger partial charge in [-0.25, -0.2) is 0 Å². The van der Waals surface area contributed by atoms with E-state index >= 15 is 0 Å². The lowest BCUT2D eigenvalue weighted by Gasteiger charge is -2.27. The molecule has 1 aliphatic rings. The summed E-state index contributed by atoms with van der Waals surface area (Å²) in [5, 5.41) is 4.46. The molecule has 1 fully saturated rings. The van der Waals surface area contributed by atoms with E-state index in [2.05, 4.69) is 52.2 Å². The maximum Gasteiger partial charge on any atom is 0.0638 e. The number of aryl methyl sites for hydroxylation is 2. The van der Waals surface area contributed by atoms with Crippen LogP contribution in [0.5, 0.6) is 0 Å². The Morgan fingerprint density at radius 3 is 2.83 bits per heavy atom. The minimum atomic E-state index is 0.645. The van der Waals surface area contributed by atoms with E-state index in [9.17, 15) is 0 Å². The van der Waals surface area contributed by atoms with Gasteiger partial charge in [0.15, 0.2) is 0 Å². The molecule has 0 spiro atoms. The molecule has 0 amide bonds. The Labute approximate surface area is 145 Å². The van der Waals surface area contributed by atoms with Crippen LogP contribution in [0, 0.1) is 6.92 Å². The highest BCUT2D eigenvalue weighted by Crippen LogP contribution is 2.19. The maximum absolute atomic E-state index is 4.46. The van der Waals surface area contributed by atoms with Crippen molar-refractivity contribution in [3.63, 3.8) is 0 Å². The molecule has 0 aromatic carbocycles. The van der Waals surface area contributed by atoms with Gasteiger partial charge in [0.1, 0.15) is 0 Å². The van der Waals surface area contributed by atoms with Crippen LogP contribution in [0.2, 0.25) is 0 Å². The number of aromatic nitrogens is 3. The second-order valence-corrected chi connectivity index (χ2v) is 7.01. The maximum atomic E-state index is 4.46. The lowest BCUT2D eigenvalue weighted by Crippen LogP contribution is -2.32. The summed E-state index contributed by atoms with van der Waals surface area (Å²) in [4.78, 5) is 9.51. The normalized spacial score (nSPS) is 19.6. The first kappa shape index (κ1) is 17.1. The van der Waals surface area contributed by atoms with Crippen molar-refractivity contribution >= 4 is 0 Å². The molecule has 2 aromatic heterocycles. The first-order chi connectivity index (χ1) is 11.6. The smallest absolute Gasteiger partial charge is 0.0638 e. The Bertz CT molecular complexity index is 636. The monoisotopic (exact) mass is 327 g/mol. The third-order valence-electron chi connectivity index (χ3n) is 5.06. The lowest BCUT2D eigenvalue weighted by molar-refractivity contribution is 0.204. The van der Waals surface area contributed by atoms with Crippen LogP contribution < -0.4 is 0 Å². The van der Waals surface area contributed by atoms with Gasteiger partial charge in [-0.2, -0.15) is 5.10 Å². The molecule has 0 N–H and O–H groups in total. The SMILES string of the molecule is Cc1nn(C)cc1CN1CCC[C@@H](N(C)Cc2ccccn2)CC1. The van der Waals surface area contributed by atoms with Crippen molar-refractivity contribution in [2.75, 3.05) is 20.1 Å². The highest BCUT2D eigenvalue weighted by Gasteiger charge is 2.21. The zero-order chi connectivity index (χ0) is 16.9. The van der Waals surface area contributed by atoms with E-state index in [0.29, 0.717) is 6.04 Å². The van der Waals surface area contributed by atoms with E-state index in [1.165, 1.54) is 31.4 Å². The fraction of sp³-hybridized carbons (Fsp3) is 0.579. The Hall–Kier alpha value is -1.72. The molecule has 2 aromatic rings. The van der Waals surface area contributed by atoms with Crippen LogP contribution in [-0.4, -0.2) is 50.7 Å². The average molecular weight is 327 g/mol. The van der Waals surface area contributed by atoms with E-state index in [1.807, 2.05) is 24.0 Å². The Kier molecular flexibility index (Phi) is 5.63. The first-order valence-electron chi connectivity index (χ1n) is 8.93. The average Bonchev–Trinajstić information content (AvgIpc) is 2.76. The van der Waals surface area contributed by atoms with Crippen LogP contribution in [0.4, 0.5) is 0 Å². The van der Waals surface area contributed by atoms with Gasteiger partial charge in [0.2, 0.25) is 0 Å². The second kappa shape index (κ2) is 7.90. The molecule has 1 aliphatic heterocycles. The van der Waals surface area contributed by atoms with E-state index < -0.39 is 0 Å². The second-order valence-electron chi connectivity index (χ2n) is 7.01. The third kappa shape index (κ3) is 4.42. The van der Waals surface area contributed by atoms with E-state index in [-0.39, 0.29) is 0 Å². The number of hydrogen-bond acceptors (Lipinski definition) is 4. The van der Waals surface area contributed by atoms with Crippen LogP contribution >= 0.6 is 0 Å². The summed E-state index contributed by atoms with van der Waals surface area (Å²) in [5.41, 5.74) is 3.68. The molecule has 0 unspecified atom stereocenters. The molecule has 0 radical (unpaired) electrons. The van der Waals surface area contributed by atoms with Gasteiger partial charge in [0.05, 0.1) is 11.4 Å². The van der Waals surface area contributed by atoms with Crippen molar-refractivity contribution < 1.29 is 0 Å². The van der Waals surface area contributed by atoms with Gasteiger partial charge >= 0.3 is 0 Å². The van der Waals surface area contributed by atoms with Crippen molar-refractivity contribution in [1.29, 1.82) is 0 Å². The molecule has 5 nitrogen and oxygen atoms in total. The molecule has 3 rings (SSSR count). The quantitative estimate of drug-likeness (QED) is 0.846. The third-order valence-corrected chi connectivity index (χ3v) is 5.06. The lowest BCUT2D eigenvalue weighted by atomic mass is 10.1. The molecule has 0 bridgehead atoms. The molecule has 130 valence electrons. The molecular weight excluding hydrogens is 298 g/mol. The van der Waals surface area contributed by atoms with Crippen LogP contribution in [0.25, 0.3) is 0 Å². The molecule has 24 heavy (non-hydrogen) atoms. The van der Waals surface area contributed by atoms with E-state index in [0.717, 1.165) is 31.0 Å². The minimum Gasteiger partial charge on any atom is -0.299 e. The summed E-state index contributed by atoms with van der Waals surface area (Å²) < 4.78 is 1.92. The molecule has 5 heteroatoms. The zero-order valence-electron chi connectivity index (χ0n) is 15.1. The Balaban J connectivity index is 1.53. The van der Waals surface area contributed by atoms with Crippen molar-refractivity contribution in [1.82, 2.24) is 24.6 Å². The van der Waals surface area contributed by atoms with Crippen LogP contribution in [-0.2, 0) is 20.1 Å². The molecule has 1 saturated heterocycles. The summed E-state index contributed by atoms with van der Waals surface area (Å²) in [6.45, 7) is 6.41. The van der Waals surface area contributed by atoms with Gasteiger partial charge in [0, 0.05) is 44.1 Å². The van der Waals surface area contributed by atoms with Crippen LogP contribution in [0.15, 0.2) is 30.6 Å². The number of hydrogen-bond donors (Lipinski definition) is 0. The summed E-state index contributed by atoms with van der Waals surface area (Å²) in [7, 11) is 4.24. The molecular formula is C19H29N5. The highest BCUT2D eigenvalue weighted by atomic mass is 15.3. The fourth-order valence-electron chi connectivity index (χ4n) is 3.66. The number of likely N-dealkylation sites (tertiary alicyclic amines) is 1. The van der Waals surface area contributed by atoms with Crippen molar-refractivity contribution in [3.8, 4) is 0 Å². The predicted octanol–water partition coefficient (Wildman–Crippen LogP) is 2.61. The van der Waals surface area contributed by atoms with Crippen molar-refractivity contribution in [2.24, 2.45) is 7.05 Å². The zero-order valence-corrected chi connectivity index (χ0v) is 15.1. The first-order valence-corrected chi connectivity index (χ1v) is 8.93. The van der Waals surface area contributed by atoms with Gasteiger partial charge in [-0.05, 0) is 58.5 Å². The van der Waals surface area contributed by atoms with Gasteiger partial charge < -0.3 is 0 Å². The molecule has 0 saturated carbocycles. The standard InChI is InChI=1S/C19H29N5/c1-16-17(13-23(3)21-16)14-24-11-6-8-19(9-12-24)22(2)15-18-7-4-5-10-20-18/h4-5,7,10,13,19H,6,8-9,11-12,14-15H2,1-3H3/t19-/m1/s1. The topological polar surface area (TPSA) is 37.2 Å². The Morgan fingerprint density at radius 2 is 2.12 bits per heavy atom. The Morgan fingerprint density at radius 1 is 1.25 bits per heavy atom. The fourth-order valence-corrected chi connectivity index (χ4v) is 3.66. The van der Waals surface area contributed by atoms with Crippen LogP contribution in [0.3, 0.4) is 0 Å². The van der Waals surface area contributed by atoms with Gasteiger partial charge in [-0.15, -0.1) is 0 Å². The predicted molar refractivity (Wildman–Crippen MR) is 96.6 cm³/mol. The highest BCUT2D eigenvalue weighted by molar-refractivity contribution is 5.15. The van der Waals surface area contributed by atoms with Gasteiger partial charge in [0.25, 0.3) is 0 Å². The largest absolute Gasteiger partial charge is 0.299 e. The van der Waals surface area contributed by atoms with Gasteiger partial charge in [-0.1, -0.05) is 6.07 Å². The van der Waals surface area contributed by atoms with Crippen molar-refractivity contribution in [2.45, 2.75) is 45.3 Å². The number of pyridine rings is 1. The molecule has 3 heterocycles. The summed E-state index contributed by atoms with van der Waals surface area (Å²) in [5.74, 6) is 0. The molecule has 1 atom stereocenters. The number of rotatable bonds is 5. The minimum absolute atomic E-state index is 0.645. The summed E-state index contributed by atoms with van der Waals surface area (Å²) >= 11 is 0. The van der Waals surface area contributed by atoms with Gasteiger partial charge in [-0.3, -0.25) is 19.5 Å². The van der Waals surface area contributed by atoms with E-state index in [1.54, 1.807) is 0 Å². The number of nitrogens with zero attached hydrogens (tertiary/aromatic N) is 5. The van der Waals surface area contributed by atoms with Crippen LogP contribution in [0.1, 0.15) is 36.2 Å². The summed E-state index contributed by atoms with van der Waals surface area (Å²) in [6.07, 6.45) is 7.80. The summed E-state index contributed by atoms with van der Waals surface area (Å²) in [6, 6.07) is 6.81.